The zero-order valence-electron chi connectivity index (χ0n) is 7.41. The third kappa shape index (κ3) is 2.33. The highest BCUT2D eigenvalue weighted by Gasteiger charge is 1.96. The lowest BCUT2D eigenvalue weighted by atomic mass is 10.2. The molecule has 0 bridgehead atoms. The first-order chi connectivity index (χ1) is 6.27. The van der Waals surface area contributed by atoms with E-state index in [0.29, 0.717) is 12.1 Å². The summed E-state index contributed by atoms with van der Waals surface area (Å²) in [6.07, 6.45) is 0.604. The fourth-order valence-electron chi connectivity index (χ4n) is 0.947. The average molecular weight is 177 g/mol. The van der Waals surface area contributed by atoms with Gasteiger partial charge in [0.05, 0.1) is 7.11 Å². The molecule has 0 unspecified atom stereocenters. The molecule has 0 aliphatic rings. The first-order valence-electron chi connectivity index (χ1n) is 3.81. The Bertz CT molecular complexity index is 303. The third-order valence-electron chi connectivity index (χ3n) is 1.67. The van der Waals surface area contributed by atoms with Crippen molar-refractivity contribution in [2.45, 2.75) is 0 Å². The average Bonchev–Trinajstić information content (AvgIpc) is 2.18. The van der Waals surface area contributed by atoms with Gasteiger partial charge in [-0.05, 0) is 29.8 Å². The zero-order valence-corrected chi connectivity index (χ0v) is 7.41. The number of hydrogen-bond donors (Lipinski definition) is 1. The van der Waals surface area contributed by atoms with Crippen LogP contribution in [0.5, 0.6) is 5.75 Å². The van der Waals surface area contributed by atoms with Gasteiger partial charge < -0.3 is 10.1 Å². The summed E-state index contributed by atoms with van der Waals surface area (Å²) in [4.78, 5) is 10.1. The number of carbonyl (C=O) groups is 1. The Morgan fingerprint density at radius 3 is 2.54 bits per heavy atom. The first-order valence-corrected chi connectivity index (χ1v) is 3.81. The number of rotatable bonds is 4. The first kappa shape index (κ1) is 9.32. The molecule has 3 nitrogen and oxygen atoms in total. The largest absolute Gasteiger partial charge is 0.497 e. The Kier molecular flexibility index (Phi) is 3.09. The number of hydrogen-bond acceptors (Lipinski definition) is 2. The van der Waals surface area contributed by atoms with Crippen LogP contribution in [0.2, 0.25) is 0 Å². The maximum Gasteiger partial charge on any atom is 0.211 e. The molecule has 1 N–H and O–H groups in total. The maximum absolute atomic E-state index is 10.1. The van der Waals surface area contributed by atoms with Crippen molar-refractivity contribution in [2.24, 2.45) is 0 Å². The van der Waals surface area contributed by atoms with Crippen molar-refractivity contribution >= 4 is 12.1 Å². The molecule has 1 amide bonds. The Morgan fingerprint density at radius 2 is 2.08 bits per heavy atom. The van der Waals surface area contributed by atoms with Crippen LogP contribution in [0.1, 0.15) is 5.56 Å². The van der Waals surface area contributed by atoms with Gasteiger partial charge >= 0.3 is 0 Å². The summed E-state index contributed by atoms with van der Waals surface area (Å²) in [5, 5.41) is 2.48. The maximum atomic E-state index is 10.1. The number of benzene rings is 1. The summed E-state index contributed by atoms with van der Waals surface area (Å²) in [5.41, 5.74) is 1.45. The van der Waals surface area contributed by atoms with Crippen LogP contribution in [0.15, 0.2) is 30.8 Å². The smallest absolute Gasteiger partial charge is 0.211 e. The van der Waals surface area contributed by atoms with E-state index in [1.807, 2.05) is 24.3 Å². The van der Waals surface area contributed by atoms with Gasteiger partial charge in [0.1, 0.15) is 5.75 Å². The second-order valence-corrected chi connectivity index (χ2v) is 2.47. The van der Waals surface area contributed by atoms with Crippen LogP contribution in [0.4, 0.5) is 0 Å². The molecular formula is C10H11NO2. The molecule has 0 saturated carbocycles. The van der Waals surface area contributed by atoms with E-state index in [1.165, 1.54) is 0 Å². The third-order valence-corrected chi connectivity index (χ3v) is 1.67. The number of nitrogens with one attached hydrogen (secondary N) is 1. The Labute approximate surface area is 77.0 Å². The summed E-state index contributed by atoms with van der Waals surface area (Å²) in [7, 11) is 1.60. The highest BCUT2D eigenvalue weighted by molar-refractivity contribution is 5.72. The SMILES string of the molecule is C=C(NC=O)c1ccc(OC)cc1. The molecule has 0 radical (unpaired) electrons. The molecule has 0 spiro atoms. The highest BCUT2D eigenvalue weighted by atomic mass is 16.5. The van der Waals surface area contributed by atoms with Crippen LogP contribution < -0.4 is 10.1 Å². The summed E-state index contributed by atoms with van der Waals surface area (Å²) < 4.78 is 4.99. The minimum atomic E-state index is 0.581. The second-order valence-electron chi connectivity index (χ2n) is 2.47. The van der Waals surface area contributed by atoms with E-state index in [0.717, 1.165) is 11.3 Å². The summed E-state index contributed by atoms with van der Waals surface area (Å²) in [6.45, 7) is 3.69. The van der Waals surface area contributed by atoms with Gasteiger partial charge in [0.15, 0.2) is 0 Å². The lowest BCUT2D eigenvalue weighted by molar-refractivity contribution is -0.108. The molecular weight excluding hydrogens is 166 g/mol. The molecule has 68 valence electrons. The monoisotopic (exact) mass is 177 g/mol. The molecule has 13 heavy (non-hydrogen) atoms. The molecule has 1 rings (SSSR count). The van der Waals surface area contributed by atoms with Crippen LogP contribution in [0.3, 0.4) is 0 Å². The van der Waals surface area contributed by atoms with Gasteiger partial charge in [0, 0.05) is 5.70 Å². The molecule has 0 saturated heterocycles. The van der Waals surface area contributed by atoms with Gasteiger partial charge in [-0.1, -0.05) is 6.58 Å². The van der Waals surface area contributed by atoms with Crippen LogP contribution in [0, 0.1) is 0 Å². The number of ether oxygens (including phenoxy) is 1. The van der Waals surface area contributed by atoms with E-state index in [-0.39, 0.29) is 0 Å². The molecule has 0 aliphatic carbocycles. The van der Waals surface area contributed by atoms with E-state index >= 15 is 0 Å². The number of carbonyl (C=O) groups excluding carboxylic acids is 1. The van der Waals surface area contributed by atoms with Crippen molar-refractivity contribution < 1.29 is 9.53 Å². The molecule has 0 fully saturated rings. The minimum Gasteiger partial charge on any atom is -0.497 e. The normalized spacial score (nSPS) is 9.00. The van der Waals surface area contributed by atoms with Crippen molar-refractivity contribution in [3.63, 3.8) is 0 Å². The topological polar surface area (TPSA) is 38.3 Å². The van der Waals surface area contributed by atoms with Crippen molar-refractivity contribution in [1.82, 2.24) is 5.32 Å². The van der Waals surface area contributed by atoms with E-state index in [1.54, 1.807) is 7.11 Å². The van der Waals surface area contributed by atoms with E-state index in [4.69, 9.17) is 4.74 Å². The van der Waals surface area contributed by atoms with E-state index in [2.05, 4.69) is 11.9 Å². The fourth-order valence-corrected chi connectivity index (χ4v) is 0.947. The summed E-state index contributed by atoms with van der Waals surface area (Å²) in [5.74, 6) is 0.780. The van der Waals surface area contributed by atoms with Gasteiger partial charge in [0.25, 0.3) is 0 Å². The standard InChI is InChI=1S/C10H11NO2/c1-8(11-7-12)9-3-5-10(13-2)6-4-9/h3-7H,1H2,2H3,(H,11,12). The van der Waals surface area contributed by atoms with E-state index in [9.17, 15) is 4.79 Å². The minimum absolute atomic E-state index is 0.581. The number of amides is 1. The van der Waals surface area contributed by atoms with Crippen molar-refractivity contribution in [3.05, 3.63) is 36.4 Å². The van der Waals surface area contributed by atoms with Gasteiger partial charge in [-0.3, -0.25) is 4.79 Å². The van der Waals surface area contributed by atoms with Gasteiger partial charge in [-0.15, -0.1) is 0 Å². The Morgan fingerprint density at radius 1 is 1.46 bits per heavy atom. The van der Waals surface area contributed by atoms with Gasteiger partial charge in [-0.2, -0.15) is 0 Å². The molecule has 3 heteroatoms. The lowest BCUT2D eigenvalue weighted by Gasteiger charge is -2.04. The highest BCUT2D eigenvalue weighted by Crippen LogP contribution is 2.14. The van der Waals surface area contributed by atoms with Crippen LogP contribution in [-0.4, -0.2) is 13.5 Å². The molecule has 0 atom stereocenters. The predicted octanol–water partition coefficient (Wildman–Crippen LogP) is 1.41. The molecule has 0 aliphatic heterocycles. The lowest BCUT2D eigenvalue weighted by Crippen LogP contribution is -2.07. The second kappa shape index (κ2) is 4.30. The predicted molar refractivity (Wildman–Crippen MR) is 51.2 cm³/mol. The summed E-state index contributed by atoms with van der Waals surface area (Å²) in [6, 6.07) is 7.29. The Hall–Kier alpha value is -1.77. The van der Waals surface area contributed by atoms with Crippen molar-refractivity contribution in [2.75, 3.05) is 7.11 Å². The van der Waals surface area contributed by atoms with Crippen molar-refractivity contribution in [3.8, 4) is 5.75 Å². The van der Waals surface area contributed by atoms with Crippen molar-refractivity contribution in [1.29, 1.82) is 0 Å². The molecule has 0 heterocycles. The van der Waals surface area contributed by atoms with Gasteiger partial charge in [-0.25, -0.2) is 0 Å². The zero-order chi connectivity index (χ0) is 9.68. The van der Waals surface area contributed by atoms with Crippen LogP contribution in [0.25, 0.3) is 5.70 Å². The van der Waals surface area contributed by atoms with Crippen LogP contribution >= 0.6 is 0 Å². The number of methoxy groups -OCH3 is 1. The molecule has 0 aromatic heterocycles. The quantitative estimate of drug-likeness (QED) is 0.706. The Balaban J connectivity index is 2.79. The van der Waals surface area contributed by atoms with Gasteiger partial charge in [0.2, 0.25) is 6.41 Å². The fraction of sp³-hybridized carbons (Fsp3) is 0.100. The summed E-state index contributed by atoms with van der Waals surface area (Å²) >= 11 is 0. The molecule has 1 aromatic rings. The van der Waals surface area contributed by atoms with Crippen LogP contribution in [-0.2, 0) is 4.79 Å². The van der Waals surface area contributed by atoms with E-state index < -0.39 is 0 Å². The molecule has 1 aromatic carbocycles.